The number of piperidine rings is 1. The van der Waals surface area contributed by atoms with Gasteiger partial charge in [0, 0.05) is 26.7 Å². The van der Waals surface area contributed by atoms with E-state index in [-0.39, 0.29) is 24.5 Å². The minimum Gasteiger partial charge on any atom is -0.484 e. The van der Waals surface area contributed by atoms with Crippen molar-refractivity contribution in [2.24, 2.45) is 5.92 Å². The third-order valence-corrected chi connectivity index (χ3v) is 4.55. The Morgan fingerprint density at radius 2 is 1.96 bits per heavy atom. The summed E-state index contributed by atoms with van der Waals surface area (Å²) in [7, 11) is 1.75. The fourth-order valence-corrected chi connectivity index (χ4v) is 3.19. The van der Waals surface area contributed by atoms with Gasteiger partial charge in [-0.2, -0.15) is 0 Å². The number of ether oxygens (including phenoxy) is 2. The van der Waals surface area contributed by atoms with Crippen molar-refractivity contribution in [1.29, 1.82) is 0 Å². The number of carbonyl (C=O) groups is 2. The number of amides is 2. The van der Waals surface area contributed by atoms with Gasteiger partial charge in [-0.15, -0.1) is 0 Å². The molecule has 0 N–H and O–H groups in total. The molecule has 1 aromatic carbocycles. The molecule has 6 heteroatoms. The number of likely N-dealkylation sites (tertiary alicyclic amines) is 1. The van der Waals surface area contributed by atoms with Crippen LogP contribution >= 0.6 is 0 Å². The first-order valence-electron chi connectivity index (χ1n) is 9.56. The SMILES string of the molecule is Cc1ccccc1OCC(=O)N1CCCC(CN(C)C(=O)OC(C)(C)C)C1. The van der Waals surface area contributed by atoms with Gasteiger partial charge in [-0.1, -0.05) is 18.2 Å². The monoisotopic (exact) mass is 376 g/mol. The van der Waals surface area contributed by atoms with Gasteiger partial charge in [0.1, 0.15) is 11.4 Å². The molecule has 1 heterocycles. The second kappa shape index (κ2) is 9.11. The number of rotatable bonds is 5. The second-order valence-corrected chi connectivity index (χ2v) is 8.26. The van der Waals surface area contributed by atoms with Gasteiger partial charge in [0.2, 0.25) is 0 Å². The van der Waals surface area contributed by atoms with E-state index in [4.69, 9.17) is 9.47 Å². The lowest BCUT2D eigenvalue weighted by molar-refractivity contribution is -0.135. The third kappa shape index (κ3) is 6.77. The first-order valence-corrected chi connectivity index (χ1v) is 9.56. The summed E-state index contributed by atoms with van der Waals surface area (Å²) >= 11 is 0. The third-order valence-electron chi connectivity index (χ3n) is 4.55. The lowest BCUT2D eigenvalue weighted by Gasteiger charge is -2.35. The minimum absolute atomic E-state index is 0.0112. The highest BCUT2D eigenvalue weighted by Crippen LogP contribution is 2.20. The molecule has 2 rings (SSSR count). The zero-order valence-electron chi connectivity index (χ0n) is 17.2. The summed E-state index contributed by atoms with van der Waals surface area (Å²) < 4.78 is 11.1. The van der Waals surface area contributed by atoms with E-state index in [9.17, 15) is 9.59 Å². The van der Waals surface area contributed by atoms with E-state index >= 15 is 0 Å². The molecule has 1 atom stereocenters. The number of carbonyl (C=O) groups excluding carboxylic acids is 2. The number of hydrogen-bond donors (Lipinski definition) is 0. The van der Waals surface area contributed by atoms with Gasteiger partial charge in [-0.05, 0) is 58.1 Å². The standard InChI is InChI=1S/C21H32N2O4/c1-16-9-6-7-11-18(16)26-15-19(24)23-12-8-10-17(14-23)13-22(5)20(25)27-21(2,3)4/h6-7,9,11,17H,8,10,12-15H2,1-5H3. The first kappa shape index (κ1) is 21.1. The first-order chi connectivity index (χ1) is 12.7. The summed E-state index contributed by atoms with van der Waals surface area (Å²) in [6.07, 6.45) is 1.60. The topological polar surface area (TPSA) is 59.1 Å². The average Bonchev–Trinajstić information content (AvgIpc) is 2.59. The highest BCUT2D eigenvalue weighted by Gasteiger charge is 2.27. The molecular formula is C21H32N2O4. The molecule has 0 radical (unpaired) electrons. The Morgan fingerprint density at radius 3 is 2.63 bits per heavy atom. The molecule has 1 unspecified atom stereocenters. The maximum absolute atomic E-state index is 12.5. The Hall–Kier alpha value is -2.24. The molecule has 1 saturated heterocycles. The van der Waals surface area contributed by atoms with Gasteiger partial charge in [0.15, 0.2) is 6.61 Å². The molecule has 2 amide bonds. The molecule has 1 aromatic rings. The van der Waals surface area contributed by atoms with Gasteiger partial charge in [-0.3, -0.25) is 4.79 Å². The van der Waals surface area contributed by atoms with E-state index in [1.165, 1.54) is 0 Å². The van der Waals surface area contributed by atoms with E-state index in [2.05, 4.69) is 0 Å². The largest absolute Gasteiger partial charge is 0.484 e. The van der Waals surface area contributed by atoms with Crippen molar-refractivity contribution < 1.29 is 19.1 Å². The predicted octanol–water partition coefficient (Wildman–Crippen LogP) is 3.48. The van der Waals surface area contributed by atoms with Crippen LogP contribution in [0.25, 0.3) is 0 Å². The average molecular weight is 376 g/mol. The van der Waals surface area contributed by atoms with Crippen molar-refractivity contribution in [3.05, 3.63) is 29.8 Å². The summed E-state index contributed by atoms with van der Waals surface area (Å²) in [6.45, 7) is 9.53. The highest BCUT2D eigenvalue weighted by atomic mass is 16.6. The van der Waals surface area contributed by atoms with Crippen LogP contribution in [0, 0.1) is 12.8 Å². The van der Waals surface area contributed by atoms with Crippen LogP contribution in [0.15, 0.2) is 24.3 Å². The summed E-state index contributed by atoms with van der Waals surface area (Å²) in [5, 5.41) is 0. The predicted molar refractivity (Wildman–Crippen MR) is 105 cm³/mol. The molecule has 0 saturated carbocycles. The lowest BCUT2D eigenvalue weighted by atomic mass is 9.97. The van der Waals surface area contributed by atoms with Crippen LogP contribution in [0.2, 0.25) is 0 Å². The van der Waals surface area contributed by atoms with Gasteiger partial charge in [0.05, 0.1) is 0 Å². The van der Waals surface area contributed by atoms with E-state index in [0.29, 0.717) is 13.1 Å². The molecule has 150 valence electrons. The van der Waals surface area contributed by atoms with Crippen LogP contribution in [-0.2, 0) is 9.53 Å². The van der Waals surface area contributed by atoms with Crippen LogP contribution in [-0.4, -0.2) is 60.7 Å². The lowest BCUT2D eigenvalue weighted by Crippen LogP contribution is -2.46. The normalized spacial score (nSPS) is 17.4. The van der Waals surface area contributed by atoms with E-state index < -0.39 is 5.60 Å². The van der Waals surface area contributed by atoms with Crippen molar-refractivity contribution in [2.75, 3.05) is 33.3 Å². The number of para-hydroxylation sites is 1. The fourth-order valence-electron chi connectivity index (χ4n) is 3.19. The quantitative estimate of drug-likeness (QED) is 0.789. The summed E-state index contributed by atoms with van der Waals surface area (Å²) in [5.41, 5.74) is 0.508. The zero-order chi connectivity index (χ0) is 20.0. The van der Waals surface area contributed by atoms with Crippen LogP contribution in [0.5, 0.6) is 5.75 Å². The molecule has 1 aliphatic heterocycles. The molecule has 27 heavy (non-hydrogen) atoms. The number of hydrogen-bond acceptors (Lipinski definition) is 4. The fraction of sp³-hybridized carbons (Fsp3) is 0.619. The molecule has 0 bridgehead atoms. The molecule has 1 aliphatic rings. The van der Waals surface area contributed by atoms with Gasteiger partial charge in [0.25, 0.3) is 5.91 Å². The Kier molecular flexibility index (Phi) is 7.11. The molecular weight excluding hydrogens is 344 g/mol. The van der Waals surface area contributed by atoms with Crippen LogP contribution < -0.4 is 4.74 Å². The van der Waals surface area contributed by atoms with Gasteiger partial charge >= 0.3 is 6.09 Å². The van der Waals surface area contributed by atoms with Crippen LogP contribution in [0.3, 0.4) is 0 Å². The Labute approximate surface area is 162 Å². The smallest absolute Gasteiger partial charge is 0.410 e. The van der Waals surface area contributed by atoms with Crippen LogP contribution in [0.4, 0.5) is 4.79 Å². The second-order valence-electron chi connectivity index (χ2n) is 8.26. The Bertz CT molecular complexity index is 654. The van der Waals surface area contributed by atoms with E-state index in [1.54, 1.807) is 11.9 Å². The van der Waals surface area contributed by atoms with Crippen molar-refractivity contribution in [1.82, 2.24) is 9.80 Å². The number of nitrogens with zero attached hydrogens (tertiary/aromatic N) is 2. The van der Waals surface area contributed by atoms with Gasteiger partial charge in [-0.25, -0.2) is 4.79 Å². The summed E-state index contributed by atoms with van der Waals surface area (Å²) in [6, 6.07) is 7.68. The zero-order valence-corrected chi connectivity index (χ0v) is 17.2. The molecule has 0 spiro atoms. The van der Waals surface area contributed by atoms with Crippen molar-refractivity contribution >= 4 is 12.0 Å². The minimum atomic E-state index is -0.507. The van der Waals surface area contributed by atoms with Gasteiger partial charge < -0.3 is 19.3 Å². The van der Waals surface area contributed by atoms with E-state index in [1.807, 2.05) is 56.9 Å². The van der Waals surface area contributed by atoms with Crippen molar-refractivity contribution in [3.63, 3.8) is 0 Å². The summed E-state index contributed by atoms with van der Waals surface area (Å²) in [5.74, 6) is 0.977. The Balaban J connectivity index is 1.83. The van der Waals surface area contributed by atoms with E-state index in [0.717, 1.165) is 30.7 Å². The molecule has 0 aromatic heterocycles. The van der Waals surface area contributed by atoms with Crippen molar-refractivity contribution in [3.8, 4) is 5.75 Å². The highest BCUT2D eigenvalue weighted by molar-refractivity contribution is 5.78. The summed E-state index contributed by atoms with van der Waals surface area (Å²) in [4.78, 5) is 28.1. The maximum Gasteiger partial charge on any atom is 0.410 e. The molecule has 0 aliphatic carbocycles. The van der Waals surface area contributed by atoms with Crippen molar-refractivity contribution in [2.45, 2.75) is 46.1 Å². The number of aryl methyl sites for hydroxylation is 1. The maximum atomic E-state index is 12.5. The van der Waals surface area contributed by atoms with Crippen LogP contribution in [0.1, 0.15) is 39.2 Å². The molecule has 6 nitrogen and oxygen atoms in total. The Morgan fingerprint density at radius 1 is 1.26 bits per heavy atom. The number of benzene rings is 1. The molecule has 1 fully saturated rings.